The number of fused-ring (bicyclic) bond motifs is 2. The third-order valence-electron chi connectivity index (χ3n) is 5.18. The van der Waals surface area contributed by atoms with Gasteiger partial charge in [-0.1, -0.05) is 18.1 Å². The van der Waals surface area contributed by atoms with E-state index in [0.717, 1.165) is 27.1 Å². The van der Waals surface area contributed by atoms with Crippen molar-refractivity contribution in [2.45, 2.75) is 59.9 Å². The summed E-state index contributed by atoms with van der Waals surface area (Å²) in [5.41, 5.74) is 1.49. The van der Waals surface area contributed by atoms with E-state index < -0.39 is 6.10 Å². The molecule has 3 aromatic rings. The molecule has 0 aromatic heterocycles. The van der Waals surface area contributed by atoms with Crippen LogP contribution in [0.3, 0.4) is 0 Å². The Morgan fingerprint density at radius 2 is 1.50 bits per heavy atom. The molecule has 0 radical (unpaired) electrons. The lowest BCUT2D eigenvalue weighted by Gasteiger charge is -2.24. The molecule has 0 saturated carbocycles. The van der Waals surface area contributed by atoms with Crippen molar-refractivity contribution in [1.82, 2.24) is 0 Å². The van der Waals surface area contributed by atoms with Crippen LogP contribution in [0.2, 0.25) is 0 Å². The summed E-state index contributed by atoms with van der Waals surface area (Å²) >= 11 is 0. The summed E-state index contributed by atoms with van der Waals surface area (Å²) in [5.74, 6) is 8.20. The number of methoxy groups -OCH3 is 2. The Kier molecular flexibility index (Phi) is 7.06. The van der Waals surface area contributed by atoms with Gasteiger partial charge in [-0.15, -0.1) is 5.92 Å². The largest absolute Gasteiger partial charge is 0.495 e. The van der Waals surface area contributed by atoms with Gasteiger partial charge in [-0.3, -0.25) is 0 Å². The second-order valence-corrected chi connectivity index (χ2v) is 8.23. The van der Waals surface area contributed by atoms with Gasteiger partial charge in [-0.25, -0.2) is 0 Å². The van der Waals surface area contributed by atoms with E-state index in [4.69, 9.17) is 18.9 Å². The van der Waals surface area contributed by atoms with E-state index in [2.05, 4.69) is 11.8 Å². The molecular weight excluding hydrogens is 404 g/mol. The maximum absolute atomic E-state index is 10.9. The maximum Gasteiger partial charge on any atom is 0.144 e. The minimum Gasteiger partial charge on any atom is -0.495 e. The number of benzene rings is 3. The highest BCUT2D eigenvalue weighted by Gasteiger charge is 2.27. The van der Waals surface area contributed by atoms with Crippen LogP contribution in [-0.2, 0) is 0 Å². The number of aliphatic hydroxyl groups excluding tert-OH is 1. The van der Waals surface area contributed by atoms with E-state index in [1.165, 1.54) is 0 Å². The van der Waals surface area contributed by atoms with Crippen molar-refractivity contribution in [3.05, 3.63) is 35.4 Å². The monoisotopic (exact) mass is 436 g/mol. The van der Waals surface area contributed by atoms with Gasteiger partial charge in [-0.2, -0.15) is 0 Å². The number of aliphatic hydroxyl groups is 1. The van der Waals surface area contributed by atoms with Crippen molar-refractivity contribution >= 4 is 21.5 Å². The predicted octanol–water partition coefficient (Wildman–Crippen LogP) is 5.95. The lowest BCUT2D eigenvalue weighted by Crippen LogP contribution is -2.12. The first kappa shape index (κ1) is 23.6. The third kappa shape index (κ3) is 4.16. The molecule has 0 spiro atoms. The van der Waals surface area contributed by atoms with Crippen molar-refractivity contribution < 1.29 is 24.1 Å². The Morgan fingerprint density at radius 3 is 2.06 bits per heavy atom. The molecule has 170 valence electrons. The number of hydrogen-bond donors (Lipinski definition) is 1. The van der Waals surface area contributed by atoms with Gasteiger partial charge in [-0.05, 0) is 59.2 Å². The fraction of sp³-hybridized carbons (Fsp3) is 0.407. The van der Waals surface area contributed by atoms with Crippen LogP contribution in [0.25, 0.3) is 21.5 Å². The smallest absolute Gasteiger partial charge is 0.144 e. The first-order valence-corrected chi connectivity index (χ1v) is 10.8. The predicted molar refractivity (Wildman–Crippen MR) is 129 cm³/mol. The highest BCUT2D eigenvalue weighted by Crippen LogP contribution is 2.51. The van der Waals surface area contributed by atoms with Crippen molar-refractivity contribution in [2.24, 2.45) is 0 Å². The van der Waals surface area contributed by atoms with Gasteiger partial charge in [0.25, 0.3) is 0 Å². The van der Waals surface area contributed by atoms with Gasteiger partial charge >= 0.3 is 0 Å². The van der Waals surface area contributed by atoms with Crippen LogP contribution < -0.4 is 18.9 Å². The molecule has 1 atom stereocenters. The molecular formula is C27H32O5. The lowest BCUT2D eigenvalue weighted by molar-refractivity contribution is 0.210. The SMILES string of the molecule is CC#CC(O)c1c(C)cc2c(OC)c3cccc(OC(C)C)c3c(OC)c2c1OC(C)C. The minimum absolute atomic E-state index is 0.0198. The average molecular weight is 437 g/mol. The van der Waals surface area contributed by atoms with E-state index in [1.54, 1.807) is 21.1 Å². The van der Waals surface area contributed by atoms with Crippen LogP contribution in [0.4, 0.5) is 0 Å². The van der Waals surface area contributed by atoms with E-state index in [0.29, 0.717) is 28.6 Å². The fourth-order valence-electron chi connectivity index (χ4n) is 4.11. The molecule has 0 bridgehead atoms. The van der Waals surface area contributed by atoms with Crippen LogP contribution in [-0.4, -0.2) is 31.5 Å². The van der Waals surface area contributed by atoms with Crippen LogP contribution in [0.1, 0.15) is 51.8 Å². The maximum atomic E-state index is 10.9. The second kappa shape index (κ2) is 9.58. The van der Waals surface area contributed by atoms with Gasteiger partial charge in [0.1, 0.15) is 29.1 Å². The van der Waals surface area contributed by atoms with Crippen LogP contribution in [0, 0.1) is 18.8 Å². The normalized spacial score (nSPS) is 12.1. The van der Waals surface area contributed by atoms with Crippen LogP contribution in [0.5, 0.6) is 23.0 Å². The Morgan fingerprint density at radius 1 is 0.844 bits per heavy atom. The van der Waals surface area contributed by atoms with Crippen LogP contribution >= 0.6 is 0 Å². The summed E-state index contributed by atoms with van der Waals surface area (Å²) < 4.78 is 24.3. The van der Waals surface area contributed by atoms with Gasteiger partial charge in [0.05, 0.1) is 37.2 Å². The molecule has 1 N–H and O–H groups in total. The molecule has 0 fully saturated rings. The molecule has 0 saturated heterocycles. The summed E-state index contributed by atoms with van der Waals surface area (Å²) in [6.07, 6.45) is -1.14. The molecule has 3 rings (SSSR count). The zero-order valence-electron chi connectivity index (χ0n) is 20.1. The van der Waals surface area contributed by atoms with E-state index in [1.807, 2.05) is 58.9 Å². The van der Waals surface area contributed by atoms with Crippen molar-refractivity contribution in [1.29, 1.82) is 0 Å². The standard InChI is InChI=1S/C27H32O5/c1-9-11-20(28)22-17(6)14-19-24(27(22)32-16(4)5)26(30-8)23-18(25(19)29-7)12-10-13-21(23)31-15(2)3/h10,12-16,20,28H,1-8H3. The topological polar surface area (TPSA) is 57.2 Å². The number of hydrogen-bond acceptors (Lipinski definition) is 5. The Hall–Kier alpha value is -3.10. The van der Waals surface area contributed by atoms with E-state index in [9.17, 15) is 5.11 Å². The zero-order valence-corrected chi connectivity index (χ0v) is 20.1. The van der Waals surface area contributed by atoms with E-state index >= 15 is 0 Å². The molecule has 1 unspecified atom stereocenters. The molecule has 0 heterocycles. The number of aryl methyl sites for hydroxylation is 1. The number of ether oxygens (including phenoxy) is 4. The second-order valence-electron chi connectivity index (χ2n) is 8.23. The zero-order chi connectivity index (χ0) is 23.6. The summed E-state index contributed by atoms with van der Waals surface area (Å²) in [7, 11) is 3.29. The minimum atomic E-state index is -0.994. The summed E-state index contributed by atoms with van der Waals surface area (Å²) in [6, 6.07) is 7.86. The molecule has 0 aliphatic heterocycles. The lowest BCUT2D eigenvalue weighted by atomic mass is 9.92. The van der Waals surface area contributed by atoms with Crippen molar-refractivity contribution in [3.8, 4) is 34.8 Å². The van der Waals surface area contributed by atoms with Gasteiger partial charge in [0, 0.05) is 16.3 Å². The van der Waals surface area contributed by atoms with Crippen LogP contribution in [0.15, 0.2) is 24.3 Å². The Bertz CT molecular complexity index is 1200. The first-order chi connectivity index (χ1) is 15.2. The molecule has 0 amide bonds. The summed E-state index contributed by atoms with van der Waals surface area (Å²) in [4.78, 5) is 0. The summed E-state index contributed by atoms with van der Waals surface area (Å²) in [6.45, 7) is 11.5. The molecule has 5 heteroatoms. The van der Waals surface area contributed by atoms with Crippen molar-refractivity contribution in [2.75, 3.05) is 14.2 Å². The Labute approximate surface area is 190 Å². The van der Waals surface area contributed by atoms with Crippen molar-refractivity contribution in [3.63, 3.8) is 0 Å². The first-order valence-electron chi connectivity index (χ1n) is 10.8. The molecule has 0 aliphatic rings. The third-order valence-corrected chi connectivity index (χ3v) is 5.18. The van der Waals surface area contributed by atoms with Gasteiger partial charge < -0.3 is 24.1 Å². The average Bonchev–Trinajstić information content (AvgIpc) is 2.71. The number of rotatable bonds is 7. The molecule has 0 aliphatic carbocycles. The Balaban J connectivity index is 2.63. The fourth-order valence-corrected chi connectivity index (χ4v) is 4.11. The van der Waals surface area contributed by atoms with Gasteiger partial charge in [0.15, 0.2) is 0 Å². The molecule has 32 heavy (non-hydrogen) atoms. The molecule has 3 aromatic carbocycles. The van der Waals surface area contributed by atoms with E-state index in [-0.39, 0.29) is 12.2 Å². The highest BCUT2D eigenvalue weighted by atomic mass is 16.5. The summed E-state index contributed by atoms with van der Waals surface area (Å²) in [5, 5.41) is 14.1. The highest BCUT2D eigenvalue weighted by molar-refractivity contribution is 6.15. The quantitative estimate of drug-likeness (QED) is 0.366. The van der Waals surface area contributed by atoms with Gasteiger partial charge in [0.2, 0.25) is 0 Å². The molecule has 5 nitrogen and oxygen atoms in total.